The Bertz CT molecular complexity index is 232. The van der Waals surface area contributed by atoms with Crippen molar-refractivity contribution >= 4 is 0 Å². The summed E-state index contributed by atoms with van der Waals surface area (Å²) >= 11 is 0. The molecule has 3 unspecified atom stereocenters. The van der Waals surface area contributed by atoms with E-state index in [2.05, 4.69) is 31.0 Å². The molecule has 2 saturated heterocycles. The summed E-state index contributed by atoms with van der Waals surface area (Å²) in [4.78, 5) is 2.63. The van der Waals surface area contributed by atoms with Gasteiger partial charge in [0.05, 0.1) is 12.2 Å². The van der Waals surface area contributed by atoms with Crippen LogP contribution in [0.1, 0.15) is 46.5 Å². The molecular weight excluding hydrogens is 224 g/mol. The van der Waals surface area contributed by atoms with Gasteiger partial charge in [0.1, 0.15) is 0 Å². The van der Waals surface area contributed by atoms with Gasteiger partial charge in [0.25, 0.3) is 0 Å². The smallest absolute Gasteiger partial charge is 0.0706 e. The molecule has 18 heavy (non-hydrogen) atoms. The Morgan fingerprint density at radius 2 is 2.06 bits per heavy atom. The molecule has 3 nitrogen and oxygen atoms in total. The molecule has 2 fully saturated rings. The van der Waals surface area contributed by atoms with Crippen molar-refractivity contribution in [2.45, 2.75) is 64.7 Å². The van der Waals surface area contributed by atoms with Crippen LogP contribution < -0.4 is 5.32 Å². The fourth-order valence-electron chi connectivity index (χ4n) is 3.19. The van der Waals surface area contributed by atoms with Crippen LogP contribution in [0.2, 0.25) is 0 Å². The second-order valence-electron chi connectivity index (χ2n) is 6.41. The Kier molecular flexibility index (Phi) is 5.46. The van der Waals surface area contributed by atoms with Crippen molar-refractivity contribution in [2.75, 3.05) is 26.2 Å². The Labute approximate surface area is 112 Å². The molecule has 2 aliphatic rings. The Morgan fingerprint density at radius 1 is 1.22 bits per heavy atom. The molecule has 3 atom stereocenters. The highest BCUT2D eigenvalue weighted by atomic mass is 16.5. The summed E-state index contributed by atoms with van der Waals surface area (Å²) in [7, 11) is 0. The van der Waals surface area contributed by atoms with Crippen LogP contribution in [0, 0.1) is 5.92 Å². The van der Waals surface area contributed by atoms with Crippen LogP contribution in [0.15, 0.2) is 0 Å². The van der Waals surface area contributed by atoms with Gasteiger partial charge in [-0.2, -0.15) is 0 Å². The van der Waals surface area contributed by atoms with E-state index in [0.29, 0.717) is 18.2 Å². The third-order valence-electron chi connectivity index (χ3n) is 4.38. The van der Waals surface area contributed by atoms with Gasteiger partial charge in [-0.05, 0) is 65.5 Å². The van der Waals surface area contributed by atoms with E-state index >= 15 is 0 Å². The zero-order chi connectivity index (χ0) is 13.0. The van der Waals surface area contributed by atoms with Crippen molar-refractivity contribution in [3.05, 3.63) is 0 Å². The normalized spacial score (nSPS) is 33.5. The molecule has 0 aliphatic carbocycles. The highest BCUT2D eigenvalue weighted by molar-refractivity contribution is 4.79. The summed E-state index contributed by atoms with van der Waals surface area (Å²) in [6.45, 7) is 11.6. The number of rotatable bonds is 5. The highest BCUT2D eigenvalue weighted by Crippen LogP contribution is 2.22. The lowest BCUT2D eigenvalue weighted by molar-refractivity contribution is 0.0196. The third kappa shape index (κ3) is 4.22. The highest BCUT2D eigenvalue weighted by Gasteiger charge is 2.26. The lowest BCUT2D eigenvalue weighted by Gasteiger charge is -2.34. The van der Waals surface area contributed by atoms with E-state index in [-0.39, 0.29) is 0 Å². The first-order valence-electron chi connectivity index (χ1n) is 7.75. The van der Waals surface area contributed by atoms with E-state index in [1.54, 1.807) is 0 Å². The molecule has 106 valence electrons. The first kappa shape index (κ1) is 14.3. The van der Waals surface area contributed by atoms with Crippen molar-refractivity contribution in [3.63, 3.8) is 0 Å². The van der Waals surface area contributed by atoms with Gasteiger partial charge in [-0.1, -0.05) is 0 Å². The SMILES string of the molecule is CC1CCC(CN(CC2CCCNC2)C(C)C)O1. The van der Waals surface area contributed by atoms with Gasteiger partial charge in [-0.15, -0.1) is 0 Å². The summed E-state index contributed by atoms with van der Waals surface area (Å²) < 4.78 is 5.97. The van der Waals surface area contributed by atoms with Gasteiger partial charge in [-0.3, -0.25) is 4.90 Å². The molecule has 2 aliphatic heterocycles. The Balaban J connectivity index is 1.79. The number of ether oxygens (including phenoxy) is 1. The van der Waals surface area contributed by atoms with Gasteiger partial charge in [0, 0.05) is 19.1 Å². The largest absolute Gasteiger partial charge is 0.374 e. The predicted molar refractivity (Wildman–Crippen MR) is 75.9 cm³/mol. The molecule has 0 radical (unpaired) electrons. The average Bonchev–Trinajstić information content (AvgIpc) is 2.75. The number of piperidine rings is 1. The fourth-order valence-corrected chi connectivity index (χ4v) is 3.19. The van der Waals surface area contributed by atoms with Crippen molar-refractivity contribution in [3.8, 4) is 0 Å². The van der Waals surface area contributed by atoms with Crippen LogP contribution in [-0.2, 0) is 4.74 Å². The van der Waals surface area contributed by atoms with E-state index in [1.807, 2.05) is 0 Å². The average molecular weight is 254 g/mol. The maximum Gasteiger partial charge on any atom is 0.0706 e. The summed E-state index contributed by atoms with van der Waals surface area (Å²) in [6, 6.07) is 0.631. The Morgan fingerprint density at radius 3 is 2.61 bits per heavy atom. The molecule has 0 amide bonds. The first-order chi connectivity index (χ1) is 8.65. The van der Waals surface area contributed by atoms with Gasteiger partial charge in [-0.25, -0.2) is 0 Å². The standard InChI is InChI=1S/C15H30N2O/c1-12(2)17(10-14-5-4-8-16-9-14)11-15-7-6-13(3)18-15/h12-16H,4-11H2,1-3H3. The van der Waals surface area contributed by atoms with E-state index in [9.17, 15) is 0 Å². The molecule has 0 aromatic heterocycles. The Hall–Kier alpha value is -0.120. The topological polar surface area (TPSA) is 24.5 Å². The monoisotopic (exact) mass is 254 g/mol. The first-order valence-corrected chi connectivity index (χ1v) is 7.75. The summed E-state index contributed by atoms with van der Waals surface area (Å²) in [5, 5.41) is 3.52. The van der Waals surface area contributed by atoms with Crippen molar-refractivity contribution < 1.29 is 4.74 Å². The van der Waals surface area contributed by atoms with E-state index < -0.39 is 0 Å². The van der Waals surface area contributed by atoms with Crippen molar-refractivity contribution in [1.82, 2.24) is 10.2 Å². The second kappa shape index (κ2) is 6.88. The maximum absolute atomic E-state index is 5.97. The molecule has 0 saturated carbocycles. The van der Waals surface area contributed by atoms with Crippen LogP contribution >= 0.6 is 0 Å². The molecular formula is C15H30N2O. The number of nitrogens with zero attached hydrogens (tertiary/aromatic N) is 1. The molecule has 2 heterocycles. The van der Waals surface area contributed by atoms with Gasteiger partial charge in [0.2, 0.25) is 0 Å². The van der Waals surface area contributed by atoms with Gasteiger partial charge < -0.3 is 10.1 Å². The second-order valence-corrected chi connectivity index (χ2v) is 6.41. The molecule has 0 aromatic carbocycles. The molecule has 1 N–H and O–H groups in total. The van der Waals surface area contributed by atoms with Crippen LogP contribution in [-0.4, -0.2) is 49.3 Å². The molecule has 0 bridgehead atoms. The molecule has 3 heteroatoms. The number of hydrogen-bond donors (Lipinski definition) is 1. The minimum atomic E-state index is 0.471. The molecule has 0 aromatic rings. The van der Waals surface area contributed by atoms with Crippen molar-refractivity contribution in [1.29, 1.82) is 0 Å². The lowest BCUT2D eigenvalue weighted by Crippen LogP contribution is -2.44. The van der Waals surface area contributed by atoms with Crippen molar-refractivity contribution in [2.24, 2.45) is 5.92 Å². The van der Waals surface area contributed by atoms with E-state index in [0.717, 1.165) is 12.5 Å². The zero-order valence-electron chi connectivity index (χ0n) is 12.3. The quantitative estimate of drug-likeness (QED) is 0.814. The predicted octanol–water partition coefficient (Wildman–Crippen LogP) is 2.26. The van der Waals surface area contributed by atoms with Gasteiger partial charge >= 0.3 is 0 Å². The minimum Gasteiger partial charge on any atom is -0.374 e. The molecule has 2 rings (SSSR count). The van der Waals surface area contributed by atoms with Crippen LogP contribution in [0.25, 0.3) is 0 Å². The lowest BCUT2D eigenvalue weighted by atomic mass is 9.98. The summed E-state index contributed by atoms with van der Waals surface area (Å²) in [5.41, 5.74) is 0. The van der Waals surface area contributed by atoms with Crippen LogP contribution in [0.3, 0.4) is 0 Å². The molecule has 0 spiro atoms. The van der Waals surface area contributed by atoms with E-state index in [1.165, 1.54) is 45.3 Å². The summed E-state index contributed by atoms with van der Waals surface area (Å²) in [6.07, 6.45) is 6.15. The van der Waals surface area contributed by atoms with Crippen LogP contribution in [0.4, 0.5) is 0 Å². The maximum atomic E-state index is 5.97. The minimum absolute atomic E-state index is 0.471. The number of hydrogen-bond acceptors (Lipinski definition) is 3. The zero-order valence-corrected chi connectivity index (χ0v) is 12.3. The number of nitrogens with one attached hydrogen (secondary N) is 1. The third-order valence-corrected chi connectivity index (χ3v) is 4.38. The van der Waals surface area contributed by atoms with Gasteiger partial charge in [0.15, 0.2) is 0 Å². The summed E-state index contributed by atoms with van der Waals surface area (Å²) in [5.74, 6) is 0.833. The fraction of sp³-hybridized carbons (Fsp3) is 1.00. The van der Waals surface area contributed by atoms with E-state index in [4.69, 9.17) is 4.74 Å². The van der Waals surface area contributed by atoms with Crippen LogP contribution in [0.5, 0.6) is 0 Å².